The normalized spacial score (nSPS) is 15.6. The largest absolute Gasteiger partial charge is 0.355 e. The minimum Gasteiger partial charge on any atom is -0.355 e. The van der Waals surface area contributed by atoms with Gasteiger partial charge in [0.2, 0.25) is 0 Å². The number of hydrogen-bond donors (Lipinski definition) is 1. The molecule has 1 unspecified atom stereocenters. The van der Waals surface area contributed by atoms with E-state index in [0.717, 1.165) is 37.7 Å². The van der Waals surface area contributed by atoms with Crippen LogP contribution in [0.2, 0.25) is 0 Å². The molecule has 2 aliphatic rings. The van der Waals surface area contributed by atoms with Crippen molar-refractivity contribution in [3.8, 4) is 12.8 Å². The molecular formula is C25H29FN3P. The summed E-state index contributed by atoms with van der Waals surface area (Å²) in [4.78, 5) is 8.81. The summed E-state index contributed by atoms with van der Waals surface area (Å²) in [5.41, 5.74) is 7.66. The van der Waals surface area contributed by atoms with E-state index in [1.807, 2.05) is 20.8 Å². The summed E-state index contributed by atoms with van der Waals surface area (Å²) in [7, 11) is 1.03. The quantitative estimate of drug-likeness (QED) is 0.481. The molecule has 1 aromatic carbocycles. The van der Waals surface area contributed by atoms with Crippen molar-refractivity contribution in [3.05, 3.63) is 77.0 Å². The average molecular weight is 422 g/mol. The molecule has 0 spiro atoms. The molecule has 3 nitrogen and oxygen atoms in total. The van der Waals surface area contributed by atoms with Gasteiger partial charge in [-0.3, -0.25) is 9.98 Å². The molecule has 0 bridgehead atoms. The highest BCUT2D eigenvalue weighted by Crippen LogP contribution is 2.34. The van der Waals surface area contributed by atoms with Crippen molar-refractivity contribution < 1.29 is 4.39 Å². The fraction of sp³-hybridized carbons (Fsp3) is 0.280. The van der Waals surface area contributed by atoms with Crippen molar-refractivity contribution in [2.75, 3.05) is 18.0 Å². The number of nitrogens with one attached hydrogen (secondary N) is 1. The van der Waals surface area contributed by atoms with E-state index in [1.54, 1.807) is 6.07 Å². The molecule has 5 heteroatoms. The lowest BCUT2D eigenvalue weighted by atomic mass is 10.0. The van der Waals surface area contributed by atoms with E-state index in [1.165, 1.54) is 41.4 Å². The third-order valence-corrected chi connectivity index (χ3v) is 5.99. The lowest BCUT2D eigenvalue weighted by Gasteiger charge is -2.20. The van der Waals surface area contributed by atoms with Gasteiger partial charge in [0.15, 0.2) is 0 Å². The van der Waals surface area contributed by atoms with E-state index in [0.29, 0.717) is 6.54 Å². The third kappa shape index (κ3) is 5.88. The number of terminal acetylenes is 1. The zero-order valence-corrected chi connectivity index (χ0v) is 18.9. The number of nitrogens with zero attached hydrogens (tertiary/aromatic N) is 2. The van der Waals surface area contributed by atoms with Crippen molar-refractivity contribution in [1.29, 1.82) is 0 Å². The molecule has 0 saturated heterocycles. The maximum Gasteiger partial charge on any atom is 0.141 e. The van der Waals surface area contributed by atoms with Crippen LogP contribution in [0, 0.1) is 18.7 Å². The van der Waals surface area contributed by atoms with Crippen LogP contribution in [0.1, 0.15) is 37.6 Å². The van der Waals surface area contributed by atoms with Gasteiger partial charge in [-0.1, -0.05) is 26.0 Å². The Morgan fingerprint density at radius 1 is 1.13 bits per heavy atom. The van der Waals surface area contributed by atoms with Crippen LogP contribution < -0.4 is 5.32 Å². The van der Waals surface area contributed by atoms with Crippen LogP contribution in [0.25, 0.3) is 5.57 Å². The Morgan fingerprint density at radius 3 is 2.67 bits per heavy atom. The van der Waals surface area contributed by atoms with Gasteiger partial charge in [0, 0.05) is 22.7 Å². The SMILES string of the molecule is C#C.CC.CC1=NCC=C(Nc2cccc3c2CCPC3)C=C1c1ccc(F)cn1. The molecule has 0 fully saturated rings. The van der Waals surface area contributed by atoms with Gasteiger partial charge in [0.1, 0.15) is 5.82 Å². The summed E-state index contributed by atoms with van der Waals surface area (Å²) >= 11 is 0. The first-order chi connectivity index (χ1) is 14.7. The lowest BCUT2D eigenvalue weighted by molar-refractivity contribution is 0.621. The molecule has 0 amide bonds. The first kappa shape index (κ1) is 23.5. The van der Waals surface area contributed by atoms with Crippen molar-refractivity contribution in [3.63, 3.8) is 0 Å². The summed E-state index contributed by atoms with van der Waals surface area (Å²) in [5.74, 6) is -0.330. The zero-order chi connectivity index (χ0) is 21.9. The molecule has 0 radical (unpaired) electrons. The summed E-state index contributed by atoms with van der Waals surface area (Å²) in [6.45, 7) is 6.59. The molecule has 156 valence electrons. The van der Waals surface area contributed by atoms with Crippen molar-refractivity contribution in [1.82, 2.24) is 4.98 Å². The van der Waals surface area contributed by atoms with Crippen molar-refractivity contribution >= 4 is 25.6 Å². The molecule has 30 heavy (non-hydrogen) atoms. The van der Waals surface area contributed by atoms with Gasteiger partial charge >= 0.3 is 0 Å². The van der Waals surface area contributed by atoms with Gasteiger partial charge in [0.05, 0.1) is 18.4 Å². The Hall–Kier alpha value is -2.76. The summed E-state index contributed by atoms with van der Waals surface area (Å²) < 4.78 is 13.2. The van der Waals surface area contributed by atoms with Crippen LogP contribution >= 0.6 is 8.58 Å². The van der Waals surface area contributed by atoms with Gasteiger partial charge in [-0.25, -0.2) is 4.39 Å². The van der Waals surface area contributed by atoms with E-state index in [-0.39, 0.29) is 5.82 Å². The van der Waals surface area contributed by atoms with Gasteiger partial charge in [-0.05, 0) is 67.1 Å². The molecule has 3 heterocycles. The van der Waals surface area contributed by atoms with E-state index < -0.39 is 0 Å². The van der Waals surface area contributed by atoms with Crippen LogP contribution in [-0.2, 0) is 12.6 Å². The summed E-state index contributed by atoms with van der Waals surface area (Å²) in [5, 5.41) is 3.59. The Kier molecular flexibility index (Phi) is 9.45. The summed E-state index contributed by atoms with van der Waals surface area (Å²) in [6, 6.07) is 9.66. The first-order valence-corrected chi connectivity index (χ1v) is 11.6. The van der Waals surface area contributed by atoms with E-state index in [4.69, 9.17) is 0 Å². The number of rotatable bonds is 3. The number of hydrogen-bond acceptors (Lipinski definition) is 3. The molecular weight excluding hydrogens is 392 g/mol. The third-order valence-electron chi connectivity index (χ3n) is 4.75. The fourth-order valence-corrected chi connectivity index (χ4v) is 4.58. The van der Waals surface area contributed by atoms with E-state index in [2.05, 4.69) is 58.5 Å². The van der Waals surface area contributed by atoms with Gasteiger partial charge in [-0.2, -0.15) is 0 Å². The van der Waals surface area contributed by atoms with Crippen molar-refractivity contribution in [2.45, 2.75) is 33.4 Å². The molecule has 1 atom stereocenters. The molecule has 4 rings (SSSR count). The second-order valence-electron chi connectivity index (χ2n) is 6.50. The number of anilines is 1. The maximum atomic E-state index is 13.2. The molecule has 0 saturated carbocycles. The van der Waals surface area contributed by atoms with Gasteiger partial charge < -0.3 is 5.32 Å². The van der Waals surface area contributed by atoms with Crippen LogP contribution in [0.3, 0.4) is 0 Å². The Morgan fingerprint density at radius 2 is 1.93 bits per heavy atom. The molecule has 0 aliphatic carbocycles. The highest BCUT2D eigenvalue weighted by Gasteiger charge is 2.15. The number of benzene rings is 1. The van der Waals surface area contributed by atoms with E-state index in [9.17, 15) is 4.39 Å². The highest BCUT2D eigenvalue weighted by molar-refractivity contribution is 7.37. The second-order valence-corrected chi connectivity index (χ2v) is 7.85. The van der Waals surface area contributed by atoms with Crippen molar-refractivity contribution in [2.24, 2.45) is 4.99 Å². The van der Waals surface area contributed by atoms with Crippen LogP contribution in [0.5, 0.6) is 0 Å². The minimum atomic E-state index is -0.330. The first-order valence-electron chi connectivity index (χ1n) is 10.2. The maximum absolute atomic E-state index is 13.2. The predicted molar refractivity (Wildman–Crippen MR) is 130 cm³/mol. The molecule has 2 aliphatic heterocycles. The fourth-order valence-electron chi connectivity index (χ4n) is 3.37. The predicted octanol–water partition coefficient (Wildman–Crippen LogP) is 6.08. The van der Waals surface area contributed by atoms with E-state index >= 15 is 0 Å². The monoisotopic (exact) mass is 421 g/mol. The number of allylic oxidation sites excluding steroid dienone is 2. The Labute approximate surface area is 181 Å². The number of fused-ring (bicyclic) bond motifs is 1. The topological polar surface area (TPSA) is 37.3 Å². The van der Waals surface area contributed by atoms with Crippen LogP contribution in [0.4, 0.5) is 10.1 Å². The minimum absolute atomic E-state index is 0.330. The molecule has 2 aromatic rings. The van der Waals surface area contributed by atoms with Gasteiger partial charge in [-0.15, -0.1) is 21.4 Å². The van der Waals surface area contributed by atoms with Crippen LogP contribution in [0.15, 0.2) is 59.4 Å². The number of pyridine rings is 1. The number of aliphatic imine (C=N–C) groups is 1. The second kappa shape index (κ2) is 12.1. The summed E-state index contributed by atoms with van der Waals surface area (Å²) in [6.07, 6.45) is 17.0. The van der Waals surface area contributed by atoms with Crippen LogP contribution in [-0.4, -0.2) is 23.4 Å². The highest BCUT2D eigenvalue weighted by atomic mass is 31.1. The number of halogens is 1. The number of aromatic nitrogens is 1. The zero-order valence-electron chi connectivity index (χ0n) is 17.9. The lowest BCUT2D eigenvalue weighted by Crippen LogP contribution is -2.08. The standard InChI is InChI=1S/C21H21FN3P.C2H6.C2H2/c1-14-19(20-6-5-16(22)12-24-20)11-17(7-9-23-14)25-21-4-2-3-15-13-26-10-8-18(15)21;2*1-2/h2-7,11-12,25-26H,8-10,13H2,1H3;1-2H3;1-2H. The average Bonchev–Trinajstić information content (AvgIpc) is 2.98. The molecule has 1 N–H and O–H groups in total. The van der Waals surface area contributed by atoms with Gasteiger partial charge in [0.25, 0.3) is 0 Å². The molecule has 1 aromatic heterocycles. The Bertz CT molecular complexity index is 956. The smallest absolute Gasteiger partial charge is 0.141 e. The Balaban J connectivity index is 0.000000757.